The Balaban J connectivity index is 1.93. The Morgan fingerprint density at radius 2 is 2.00 bits per heavy atom. The molecule has 0 aliphatic heterocycles. The highest BCUT2D eigenvalue weighted by Gasteiger charge is 2.20. The molecule has 0 fully saturated rings. The summed E-state index contributed by atoms with van der Waals surface area (Å²) in [6.45, 7) is 3.48. The fourth-order valence-corrected chi connectivity index (χ4v) is 1.90. The zero-order valence-corrected chi connectivity index (χ0v) is 12.7. The van der Waals surface area contributed by atoms with E-state index in [2.05, 4.69) is 20.8 Å². The van der Waals surface area contributed by atoms with Crippen molar-refractivity contribution in [1.82, 2.24) is 25.5 Å². The van der Waals surface area contributed by atoms with E-state index in [9.17, 15) is 4.79 Å². The minimum atomic E-state index is -0.644. The van der Waals surface area contributed by atoms with E-state index in [0.29, 0.717) is 16.6 Å². The highest BCUT2D eigenvalue weighted by atomic mass is 35.5. The molecule has 0 unspecified atom stereocenters. The fraction of sp³-hybridized carbons (Fsp3) is 0.385. The molecule has 0 saturated carbocycles. The maximum Gasteiger partial charge on any atom is 0.261 e. The number of benzene rings is 1. The molecule has 1 N–H and O–H groups in total. The topological polar surface area (TPSA) is 81.9 Å². The number of amides is 1. The molecule has 2 rings (SSSR count). The predicted octanol–water partition coefficient (Wildman–Crippen LogP) is 1.51. The van der Waals surface area contributed by atoms with E-state index in [0.717, 1.165) is 0 Å². The maximum absolute atomic E-state index is 12.1. The van der Waals surface area contributed by atoms with Gasteiger partial charge in [0.1, 0.15) is 5.75 Å². The third kappa shape index (κ3) is 3.91. The van der Waals surface area contributed by atoms with E-state index in [-0.39, 0.29) is 11.9 Å². The van der Waals surface area contributed by atoms with Crippen LogP contribution >= 0.6 is 11.6 Å². The second-order valence-corrected chi connectivity index (χ2v) is 5.04. The van der Waals surface area contributed by atoms with Gasteiger partial charge in [0, 0.05) is 12.1 Å². The Morgan fingerprint density at radius 3 is 2.57 bits per heavy atom. The quantitative estimate of drug-likeness (QED) is 0.905. The molecule has 0 aliphatic carbocycles. The summed E-state index contributed by atoms with van der Waals surface area (Å²) < 4.78 is 7.06. The molecule has 1 aromatic carbocycles. The van der Waals surface area contributed by atoms with Gasteiger partial charge in [-0.25, -0.2) is 4.68 Å². The molecule has 0 saturated heterocycles. The number of carbonyl (C=O) groups is 1. The number of aromatic nitrogens is 4. The van der Waals surface area contributed by atoms with Gasteiger partial charge in [0.2, 0.25) is 0 Å². The molecule has 0 radical (unpaired) electrons. The van der Waals surface area contributed by atoms with Crippen molar-refractivity contribution in [2.75, 3.05) is 0 Å². The summed E-state index contributed by atoms with van der Waals surface area (Å²) in [5.74, 6) is 0.900. The van der Waals surface area contributed by atoms with Gasteiger partial charge in [0.25, 0.3) is 5.91 Å². The normalized spacial score (nSPS) is 13.5. The number of halogens is 1. The molecular formula is C13H16ClN5O2. The zero-order valence-electron chi connectivity index (χ0n) is 11.9. The first kappa shape index (κ1) is 15.2. The summed E-state index contributed by atoms with van der Waals surface area (Å²) in [5, 5.41) is 14.5. The van der Waals surface area contributed by atoms with Crippen molar-refractivity contribution in [3.05, 3.63) is 35.1 Å². The second-order valence-electron chi connectivity index (χ2n) is 4.60. The average Bonchev–Trinajstić information content (AvgIpc) is 2.87. The lowest BCUT2D eigenvalue weighted by Crippen LogP contribution is -2.38. The predicted molar refractivity (Wildman–Crippen MR) is 76.9 cm³/mol. The van der Waals surface area contributed by atoms with Gasteiger partial charge < -0.3 is 10.1 Å². The van der Waals surface area contributed by atoms with Gasteiger partial charge in [-0.15, -0.1) is 5.10 Å². The van der Waals surface area contributed by atoms with Gasteiger partial charge >= 0.3 is 0 Å². The summed E-state index contributed by atoms with van der Waals surface area (Å²) in [7, 11) is 1.71. The minimum absolute atomic E-state index is 0.250. The maximum atomic E-state index is 12.1. The smallest absolute Gasteiger partial charge is 0.261 e. The van der Waals surface area contributed by atoms with Gasteiger partial charge in [-0.1, -0.05) is 11.6 Å². The third-order valence-corrected chi connectivity index (χ3v) is 3.15. The lowest BCUT2D eigenvalue weighted by atomic mass is 10.2. The summed E-state index contributed by atoms with van der Waals surface area (Å²) in [6.07, 6.45) is -0.644. The van der Waals surface area contributed by atoms with Crippen molar-refractivity contribution < 1.29 is 9.53 Å². The molecule has 0 aliphatic rings. The summed E-state index contributed by atoms with van der Waals surface area (Å²) in [5.41, 5.74) is 0. The lowest BCUT2D eigenvalue weighted by molar-refractivity contribution is -0.128. The van der Waals surface area contributed by atoms with Crippen LogP contribution < -0.4 is 10.1 Å². The lowest BCUT2D eigenvalue weighted by Gasteiger charge is -2.17. The first-order valence-electron chi connectivity index (χ1n) is 6.42. The average molecular weight is 310 g/mol. The van der Waals surface area contributed by atoms with Crippen LogP contribution in [0, 0.1) is 0 Å². The number of ether oxygens (including phenoxy) is 1. The molecule has 1 amide bonds. The first-order chi connectivity index (χ1) is 9.97. The zero-order chi connectivity index (χ0) is 15.4. The number of hydrogen-bond acceptors (Lipinski definition) is 5. The molecule has 112 valence electrons. The number of hydrogen-bond donors (Lipinski definition) is 1. The van der Waals surface area contributed by atoms with Crippen molar-refractivity contribution in [3.8, 4) is 5.75 Å². The van der Waals surface area contributed by atoms with Gasteiger partial charge in [-0.2, -0.15) is 0 Å². The van der Waals surface area contributed by atoms with E-state index in [1.54, 1.807) is 45.2 Å². The van der Waals surface area contributed by atoms with E-state index in [1.165, 1.54) is 4.68 Å². The molecule has 0 spiro atoms. The minimum Gasteiger partial charge on any atom is -0.481 e. The molecule has 7 nitrogen and oxygen atoms in total. The van der Waals surface area contributed by atoms with E-state index in [4.69, 9.17) is 16.3 Å². The fourth-order valence-electron chi connectivity index (χ4n) is 1.77. The van der Waals surface area contributed by atoms with Crippen molar-refractivity contribution in [1.29, 1.82) is 0 Å². The number of nitrogens with one attached hydrogen (secondary N) is 1. The van der Waals surface area contributed by atoms with Crippen LogP contribution in [0.4, 0.5) is 0 Å². The van der Waals surface area contributed by atoms with Crippen LogP contribution in [-0.4, -0.2) is 32.2 Å². The second kappa shape index (κ2) is 6.53. The highest BCUT2D eigenvalue weighted by molar-refractivity contribution is 6.30. The number of rotatable bonds is 5. The van der Waals surface area contributed by atoms with Gasteiger partial charge in [0.05, 0.1) is 6.04 Å². The van der Waals surface area contributed by atoms with Crippen LogP contribution in [0.5, 0.6) is 5.75 Å². The Labute approximate surface area is 127 Å². The molecular weight excluding hydrogens is 294 g/mol. The number of carbonyl (C=O) groups excluding carboxylic acids is 1. The van der Waals surface area contributed by atoms with E-state index >= 15 is 0 Å². The summed E-state index contributed by atoms with van der Waals surface area (Å²) in [6, 6.07) is 6.52. The van der Waals surface area contributed by atoms with Crippen LogP contribution in [0.1, 0.15) is 25.7 Å². The molecule has 1 aromatic heterocycles. The van der Waals surface area contributed by atoms with Crippen LogP contribution in [0.15, 0.2) is 24.3 Å². The van der Waals surface area contributed by atoms with E-state index < -0.39 is 6.10 Å². The van der Waals surface area contributed by atoms with Crippen molar-refractivity contribution in [2.24, 2.45) is 7.05 Å². The molecule has 1 heterocycles. The summed E-state index contributed by atoms with van der Waals surface area (Å²) >= 11 is 5.80. The molecule has 21 heavy (non-hydrogen) atoms. The van der Waals surface area contributed by atoms with Crippen molar-refractivity contribution in [2.45, 2.75) is 26.0 Å². The van der Waals surface area contributed by atoms with Crippen LogP contribution in [0.25, 0.3) is 0 Å². The van der Waals surface area contributed by atoms with Crippen LogP contribution in [0.2, 0.25) is 5.02 Å². The molecule has 0 bridgehead atoms. The van der Waals surface area contributed by atoms with E-state index in [1.807, 2.05) is 0 Å². The Kier molecular flexibility index (Phi) is 4.74. The Hall–Kier alpha value is -2.15. The van der Waals surface area contributed by atoms with Crippen LogP contribution in [-0.2, 0) is 11.8 Å². The molecule has 2 aromatic rings. The SMILES string of the molecule is C[C@H](NC(=O)[C@@H](C)Oc1ccc(Cl)cc1)c1nnnn1C. The number of tetrazole rings is 1. The van der Waals surface area contributed by atoms with Crippen molar-refractivity contribution >= 4 is 17.5 Å². The number of nitrogens with zero attached hydrogens (tertiary/aromatic N) is 4. The largest absolute Gasteiger partial charge is 0.481 e. The van der Waals surface area contributed by atoms with Gasteiger partial charge in [0.15, 0.2) is 11.9 Å². The Bertz CT molecular complexity index is 613. The highest BCUT2D eigenvalue weighted by Crippen LogP contribution is 2.17. The summed E-state index contributed by atoms with van der Waals surface area (Å²) in [4.78, 5) is 12.1. The van der Waals surface area contributed by atoms with Crippen LogP contribution in [0.3, 0.4) is 0 Å². The van der Waals surface area contributed by atoms with Crippen molar-refractivity contribution in [3.63, 3.8) is 0 Å². The Morgan fingerprint density at radius 1 is 1.33 bits per heavy atom. The number of aryl methyl sites for hydroxylation is 1. The monoisotopic (exact) mass is 309 g/mol. The van der Waals surface area contributed by atoms with Gasteiger partial charge in [-0.05, 0) is 48.5 Å². The third-order valence-electron chi connectivity index (χ3n) is 2.89. The molecule has 8 heteroatoms. The van der Waals surface area contributed by atoms with Gasteiger partial charge in [-0.3, -0.25) is 4.79 Å². The standard InChI is InChI=1S/C13H16ClN5O2/c1-8(12-16-17-18-19(12)3)15-13(20)9(2)21-11-6-4-10(14)5-7-11/h4-9H,1-3H3,(H,15,20)/t8-,9+/m0/s1. The first-order valence-corrected chi connectivity index (χ1v) is 6.80. The molecule has 2 atom stereocenters.